The van der Waals surface area contributed by atoms with E-state index in [-0.39, 0.29) is 11.9 Å². The van der Waals surface area contributed by atoms with Crippen LogP contribution < -0.4 is 16.8 Å². The Hall–Kier alpha value is -1.36. The van der Waals surface area contributed by atoms with Crippen LogP contribution in [-0.2, 0) is 0 Å². The number of thioether (sulfide) groups is 1. The second-order valence-corrected chi connectivity index (χ2v) is 6.22. The van der Waals surface area contributed by atoms with Crippen LogP contribution in [0.4, 0.5) is 11.4 Å². The highest BCUT2D eigenvalue weighted by molar-refractivity contribution is 7.99. The maximum absolute atomic E-state index is 12.2. The topological polar surface area (TPSA) is 81.1 Å². The molecule has 1 aromatic carbocycles. The van der Waals surface area contributed by atoms with E-state index in [1.54, 1.807) is 18.2 Å². The van der Waals surface area contributed by atoms with Gasteiger partial charge in [0.1, 0.15) is 0 Å². The molecule has 104 valence electrons. The van der Waals surface area contributed by atoms with Gasteiger partial charge in [0.15, 0.2) is 0 Å². The first-order valence-electron chi connectivity index (χ1n) is 6.58. The first-order chi connectivity index (χ1) is 9.08. The summed E-state index contributed by atoms with van der Waals surface area (Å²) in [5.74, 6) is -0.0780. The minimum absolute atomic E-state index is 0.0780. The first-order valence-corrected chi connectivity index (χ1v) is 7.87. The lowest BCUT2D eigenvalue weighted by Gasteiger charge is -2.28. The van der Waals surface area contributed by atoms with Crippen LogP contribution in [0.2, 0.25) is 0 Å². The number of hydrogen-bond acceptors (Lipinski definition) is 4. The summed E-state index contributed by atoms with van der Waals surface area (Å²) in [5.41, 5.74) is 13.0. The third-order valence-electron chi connectivity index (χ3n) is 3.53. The van der Waals surface area contributed by atoms with Gasteiger partial charge in [-0.3, -0.25) is 4.79 Å². The van der Waals surface area contributed by atoms with E-state index in [1.165, 1.54) is 12.8 Å². The van der Waals surface area contributed by atoms with Gasteiger partial charge in [0, 0.05) is 28.2 Å². The number of nitrogens with two attached hydrogens (primary N) is 2. The summed E-state index contributed by atoms with van der Waals surface area (Å²) in [6.45, 7) is 0. The second kappa shape index (κ2) is 6.19. The van der Waals surface area contributed by atoms with Crippen molar-refractivity contribution in [2.75, 3.05) is 17.7 Å². The number of anilines is 2. The van der Waals surface area contributed by atoms with E-state index in [0.29, 0.717) is 22.2 Å². The predicted octanol–water partition coefficient (Wildman–Crippen LogP) is 2.25. The Bertz CT molecular complexity index is 444. The zero-order chi connectivity index (χ0) is 13.8. The smallest absolute Gasteiger partial charge is 0.251 e. The number of benzene rings is 1. The molecule has 5 heteroatoms. The van der Waals surface area contributed by atoms with Crippen molar-refractivity contribution in [3.05, 3.63) is 23.8 Å². The number of carbonyl (C=O) groups excluding carboxylic acids is 1. The summed E-state index contributed by atoms with van der Waals surface area (Å²) in [7, 11) is 0. The second-order valence-electron chi connectivity index (χ2n) is 5.08. The van der Waals surface area contributed by atoms with Gasteiger partial charge in [-0.25, -0.2) is 0 Å². The number of hydrogen-bond donors (Lipinski definition) is 3. The largest absolute Gasteiger partial charge is 0.399 e. The molecule has 19 heavy (non-hydrogen) atoms. The van der Waals surface area contributed by atoms with Gasteiger partial charge >= 0.3 is 0 Å². The minimum atomic E-state index is -0.0780. The monoisotopic (exact) mass is 279 g/mol. The Labute approximate surface area is 118 Å². The molecule has 4 nitrogen and oxygen atoms in total. The van der Waals surface area contributed by atoms with E-state index in [2.05, 4.69) is 11.6 Å². The summed E-state index contributed by atoms with van der Waals surface area (Å²) < 4.78 is 0. The number of amides is 1. The fourth-order valence-corrected chi connectivity index (χ4v) is 3.39. The molecule has 0 aliphatic heterocycles. The van der Waals surface area contributed by atoms with Crippen LogP contribution in [0.3, 0.4) is 0 Å². The van der Waals surface area contributed by atoms with Gasteiger partial charge < -0.3 is 16.8 Å². The van der Waals surface area contributed by atoms with Gasteiger partial charge in [-0.1, -0.05) is 6.42 Å². The molecule has 2 rings (SSSR count). The Kier molecular flexibility index (Phi) is 4.58. The zero-order valence-electron chi connectivity index (χ0n) is 11.2. The molecular weight excluding hydrogens is 258 g/mol. The predicted molar refractivity (Wildman–Crippen MR) is 82.3 cm³/mol. The van der Waals surface area contributed by atoms with Crippen LogP contribution in [0, 0.1) is 0 Å². The van der Waals surface area contributed by atoms with E-state index in [1.807, 2.05) is 11.8 Å². The highest BCUT2D eigenvalue weighted by atomic mass is 32.2. The number of nitrogens with one attached hydrogen (secondary N) is 1. The van der Waals surface area contributed by atoms with E-state index in [0.717, 1.165) is 12.8 Å². The SMILES string of the molecule is CSC1CCCC(NC(=O)c2cc(N)cc(N)c2)C1. The van der Waals surface area contributed by atoms with Crippen molar-refractivity contribution in [3.63, 3.8) is 0 Å². The molecular formula is C14H21N3OS. The number of rotatable bonds is 3. The normalized spacial score (nSPS) is 23.0. The van der Waals surface area contributed by atoms with Gasteiger partial charge in [-0.05, 0) is 43.7 Å². The van der Waals surface area contributed by atoms with Gasteiger partial charge in [-0.15, -0.1) is 0 Å². The van der Waals surface area contributed by atoms with E-state index < -0.39 is 0 Å². The Morgan fingerprint density at radius 3 is 2.58 bits per heavy atom. The van der Waals surface area contributed by atoms with Crippen molar-refractivity contribution in [2.45, 2.75) is 37.0 Å². The van der Waals surface area contributed by atoms with Gasteiger partial charge in [0.2, 0.25) is 0 Å². The minimum Gasteiger partial charge on any atom is -0.399 e. The fraction of sp³-hybridized carbons (Fsp3) is 0.500. The summed E-state index contributed by atoms with van der Waals surface area (Å²) in [6, 6.07) is 5.25. The average molecular weight is 279 g/mol. The van der Waals surface area contributed by atoms with Crippen LogP contribution in [0.15, 0.2) is 18.2 Å². The molecule has 0 radical (unpaired) electrons. The Balaban J connectivity index is 2.00. The Morgan fingerprint density at radius 1 is 1.26 bits per heavy atom. The quantitative estimate of drug-likeness (QED) is 0.741. The molecule has 1 aromatic rings. The van der Waals surface area contributed by atoms with E-state index in [9.17, 15) is 4.79 Å². The molecule has 5 N–H and O–H groups in total. The van der Waals surface area contributed by atoms with Crippen molar-refractivity contribution in [1.82, 2.24) is 5.32 Å². The molecule has 0 bridgehead atoms. The van der Waals surface area contributed by atoms with Crippen molar-refractivity contribution in [2.24, 2.45) is 0 Å². The summed E-state index contributed by atoms with van der Waals surface area (Å²) >= 11 is 1.89. The standard InChI is InChI=1S/C14H21N3OS/c1-19-13-4-2-3-12(8-13)17-14(18)9-5-10(15)7-11(16)6-9/h5-7,12-13H,2-4,8,15-16H2,1H3,(H,17,18). The lowest BCUT2D eigenvalue weighted by atomic mass is 9.94. The van der Waals surface area contributed by atoms with E-state index in [4.69, 9.17) is 11.5 Å². The summed E-state index contributed by atoms with van der Waals surface area (Å²) in [4.78, 5) is 12.2. The molecule has 0 spiro atoms. The maximum atomic E-state index is 12.2. The molecule has 1 aliphatic carbocycles. The average Bonchev–Trinajstić information content (AvgIpc) is 2.37. The van der Waals surface area contributed by atoms with Gasteiger partial charge in [0.05, 0.1) is 0 Å². The number of nitrogen functional groups attached to an aromatic ring is 2. The van der Waals surface area contributed by atoms with Crippen LogP contribution in [0.5, 0.6) is 0 Å². The molecule has 2 atom stereocenters. The van der Waals surface area contributed by atoms with Crippen LogP contribution >= 0.6 is 11.8 Å². The lowest BCUT2D eigenvalue weighted by molar-refractivity contribution is 0.0928. The lowest BCUT2D eigenvalue weighted by Crippen LogP contribution is -2.39. The molecule has 0 heterocycles. The van der Waals surface area contributed by atoms with E-state index >= 15 is 0 Å². The molecule has 0 saturated heterocycles. The first kappa shape index (κ1) is 14.1. The molecule has 0 aromatic heterocycles. The third kappa shape index (κ3) is 3.80. The third-order valence-corrected chi connectivity index (χ3v) is 4.63. The zero-order valence-corrected chi connectivity index (χ0v) is 12.0. The van der Waals surface area contributed by atoms with Crippen LogP contribution in [0.25, 0.3) is 0 Å². The van der Waals surface area contributed by atoms with Crippen LogP contribution in [-0.4, -0.2) is 23.5 Å². The van der Waals surface area contributed by atoms with Crippen molar-refractivity contribution in [3.8, 4) is 0 Å². The summed E-state index contributed by atoms with van der Waals surface area (Å²) in [5, 5.41) is 3.75. The van der Waals surface area contributed by atoms with Crippen LogP contribution in [0.1, 0.15) is 36.0 Å². The van der Waals surface area contributed by atoms with Crippen molar-refractivity contribution >= 4 is 29.0 Å². The highest BCUT2D eigenvalue weighted by Gasteiger charge is 2.23. The molecule has 1 amide bonds. The Morgan fingerprint density at radius 2 is 1.95 bits per heavy atom. The van der Waals surface area contributed by atoms with Gasteiger partial charge in [-0.2, -0.15) is 11.8 Å². The molecule has 1 fully saturated rings. The number of carbonyl (C=O) groups is 1. The molecule has 1 aliphatic rings. The fourth-order valence-electron chi connectivity index (χ4n) is 2.57. The maximum Gasteiger partial charge on any atom is 0.251 e. The molecule has 2 unspecified atom stereocenters. The van der Waals surface area contributed by atoms with Crippen molar-refractivity contribution < 1.29 is 4.79 Å². The van der Waals surface area contributed by atoms with Crippen molar-refractivity contribution in [1.29, 1.82) is 0 Å². The molecule has 1 saturated carbocycles. The van der Waals surface area contributed by atoms with Gasteiger partial charge in [0.25, 0.3) is 5.91 Å². The highest BCUT2D eigenvalue weighted by Crippen LogP contribution is 2.27. The summed E-state index contributed by atoms with van der Waals surface area (Å²) in [6.07, 6.45) is 6.66.